The number of likely N-dealkylation sites (tertiary alicyclic amines) is 1. The van der Waals surface area contributed by atoms with Gasteiger partial charge in [-0.15, -0.1) is 0 Å². The Morgan fingerprint density at radius 1 is 1.44 bits per heavy atom. The van der Waals surface area contributed by atoms with Crippen molar-refractivity contribution in [1.29, 1.82) is 0 Å². The summed E-state index contributed by atoms with van der Waals surface area (Å²) in [5.41, 5.74) is 6.93. The van der Waals surface area contributed by atoms with E-state index in [-0.39, 0.29) is 0 Å². The summed E-state index contributed by atoms with van der Waals surface area (Å²) in [4.78, 5) is 6.66. The van der Waals surface area contributed by atoms with Crippen molar-refractivity contribution in [1.82, 2.24) is 4.90 Å². The Morgan fingerprint density at radius 2 is 2.12 bits per heavy atom. The zero-order valence-electron chi connectivity index (χ0n) is 10.7. The molecule has 0 unspecified atom stereocenters. The van der Waals surface area contributed by atoms with Crippen LogP contribution in [-0.4, -0.2) is 37.3 Å². The fourth-order valence-electron chi connectivity index (χ4n) is 2.18. The summed E-state index contributed by atoms with van der Waals surface area (Å²) in [6, 6.07) is 0. The maximum Gasteiger partial charge on any atom is 0.0360 e. The summed E-state index contributed by atoms with van der Waals surface area (Å²) >= 11 is 0. The smallest absolute Gasteiger partial charge is 0.0360 e. The number of hydrogen-bond acceptors (Lipinski definition) is 3. The number of aliphatic imine (C=N–C) groups is 1. The van der Waals surface area contributed by atoms with Gasteiger partial charge < -0.3 is 10.6 Å². The molecule has 2 N–H and O–H groups in total. The first-order valence-electron chi connectivity index (χ1n) is 6.39. The quantitative estimate of drug-likeness (QED) is 0.725. The fourth-order valence-corrected chi connectivity index (χ4v) is 2.18. The van der Waals surface area contributed by atoms with Gasteiger partial charge in [0, 0.05) is 31.5 Å². The van der Waals surface area contributed by atoms with Crippen molar-refractivity contribution in [3.8, 4) is 0 Å². The lowest BCUT2D eigenvalue weighted by atomic mass is 9.93. The van der Waals surface area contributed by atoms with E-state index >= 15 is 0 Å². The molecule has 0 saturated carbocycles. The van der Waals surface area contributed by atoms with Crippen LogP contribution in [0, 0.1) is 5.92 Å². The lowest BCUT2D eigenvalue weighted by molar-refractivity contribution is 0.221. The van der Waals surface area contributed by atoms with Crippen molar-refractivity contribution in [2.24, 2.45) is 16.6 Å². The minimum atomic E-state index is 0.836. The van der Waals surface area contributed by atoms with Gasteiger partial charge in [-0.05, 0) is 51.6 Å². The van der Waals surface area contributed by atoms with Gasteiger partial charge in [0.05, 0.1) is 0 Å². The summed E-state index contributed by atoms with van der Waals surface area (Å²) < 4.78 is 0. The van der Waals surface area contributed by atoms with E-state index in [0.29, 0.717) is 0 Å². The average Bonchev–Trinajstić information content (AvgIpc) is 2.30. The minimum Gasteiger partial charge on any atom is -0.375 e. The lowest BCUT2D eigenvalue weighted by Crippen LogP contribution is -2.33. The molecular formula is C13H25N3. The summed E-state index contributed by atoms with van der Waals surface area (Å²) in [6.45, 7) is 8.27. The Balaban J connectivity index is 2.35. The second-order valence-electron chi connectivity index (χ2n) is 4.46. The van der Waals surface area contributed by atoms with E-state index in [4.69, 9.17) is 5.73 Å². The number of rotatable bonds is 5. The average molecular weight is 223 g/mol. The van der Waals surface area contributed by atoms with Crippen molar-refractivity contribution in [2.75, 3.05) is 26.2 Å². The van der Waals surface area contributed by atoms with Gasteiger partial charge in [0.15, 0.2) is 0 Å². The molecule has 92 valence electrons. The van der Waals surface area contributed by atoms with Gasteiger partial charge in [-0.1, -0.05) is 0 Å². The van der Waals surface area contributed by atoms with Crippen LogP contribution in [0.5, 0.6) is 0 Å². The van der Waals surface area contributed by atoms with Gasteiger partial charge in [-0.3, -0.25) is 4.99 Å². The molecule has 0 aromatic rings. The van der Waals surface area contributed by atoms with Gasteiger partial charge in [0.1, 0.15) is 0 Å². The molecule has 16 heavy (non-hydrogen) atoms. The predicted molar refractivity (Wildman–Crippen MR) is 70.8 cm³/mol. The third kappa shape index (κ3) is 4.35. The number of allylic oxidation sites excluding steroid dienone is 2. The zero-order chi connectivity index (χ0) is 11.8. The van der Waals surface area contributed by atoms with Gasteiger partial charge in [-0.2, -0.15) is 0 Å². The summed E-state index contributed by atoms with van der Waals surface area (Å²) in [7, 11) is 0. The van der Waals surface area contributed by atoms with Gasteiger partial charge in [-0.25, -0.2) is 0 Å². The Labute approximate surface area is 99.4 Å². The van der Waals surface area contributed by atoms with Crippen LogP contribution in [0.2, 0.25) is 0 Å². The third-order valence-corrected chi connectivity index (χ3v) is 3.29. The van der Waals surface area contributed by atoms with Crippen LogP contribution in [0.25, 0.3) is 0 Å². The first-order chi connectivity index (χ1) is 7.77. The maximum atomic E-state index is 5.59. The molecule has 3 heteroatoms. The highest BCUT2D eigenvalue weighted by Gasteiger charge is 2.18. The van der Waals surface area contributed by atoms with E-state index in [9.17, 15) is 0 Å². The standard InChI is InChI=1S/C13H25N3/c1-3-15-9-5-12(2)16-10-6-13(4-8-14)7-11-16/h5,9,13H,3-4,6-8,10-11,14H2,1-2H3/b12-5+,15-9?. The largest absolute Gasteiger partial charge is 0.375 e. The molecule has 0 aromatic heterocycles. The van der Waals surface area contributed by atoms with Crippen LogP contribution >= 0.6 is 0 Å². The zero-order valence-corrected chi connectivity index (χ0v) is 10.7. The molecule has 1 saturated heterocycles. The van der Waals surface area contributed by atoms with Crippen LogP contribution in [0.15, 0.2) is 16.8 Å². The first-order valence-corrected chi connectivity index (χ1v) is 6.39. The van der Waals surface area contributed by atoms with Gasteiger partial charge >= 0.3 is 0 Å². The van der Waals surface area contributed by atoms with Crippen LogP contribution in [0.1, 0.15) is 33.1 Å². The van der Waals surface area contributed by atoms with Crippen LogP contribution < -0.4 is 5.73 Å². The normalized spacial score (nSPS) is 19.7. The Bertz CT molecular complexity index is 238. The minimum absolute atomic E-state index is 0.836. The monoisotopic (exact) mass is 223 g/mol. The molecule has 1 rings (SSSR count). The molecule has 1 fully saturated rings. The molecular weight excluding hydrogens is 198 g/mol. The topological polar surface area (TPSA) is 41.6 Å². The second kappa shape index (κ2) is 7.44. The molecule has 0 aromatic carbocycles. The van der Waals surface area contributed by atoms with Crippen molar-refractivity contribution in [3.63, 3.8) is 0 Å². The summed E-state index contributed by atoms with van der Waals surface area (Å²) in [5, 5.41) is 0. The molecule has 0 amide bonds. The highest BCUT2D eigenvalue weighted by molar-refractivity contribution is 5.71. The molecule has 0 bridgehead atoms. The lowest BCUT2D eigenvalue weighted by Gasteiger charge is -2.33. The molecule has 0 radical (unpaired) electrons. The molecule has 0 aliphatic carbocycles. The van der Waals surface area contributed by atoms with E-state index < -0.39 is 0 Å². The van der Waals surface area contributed by atoms with Crippen molar-refractivity contribution in [3.05, 3.63) is 11.8 Å². The van der Waals surface area contributed by atoms with Crippen molar-refractivity contribution < 1.29 is 0 Å². The highest BCUT2D eigenvalue weighted by Crippen LogP contribution is 2.22. The molecule has 0 spiro atoms. The summed E-state index contributed by atoms with van der Waals surface area (Å²) in [6.07, 6.45) is 7.79. The van der Waals surface area contributed by atoms with E-state index in [2.05, 4.69) is 29.8 Å². The first kappa shape index (κ1) is 13.2. The van der Waals surface area contributed by atoms with Crippen LogP contribution in [-0.2, 0) is 0 Å². The second-order valence-corrected chi connectivity index (χ2v) is 4.46. The van der Waals surface area contributed by atoms with Crippen LogP contribution in [0.4, 0.5) is 0 Å². The van der Waals surface area contributed by atoms with Gasteiger partial charge in [0.25, 0.3) is 0 Å². The number of hydrogen-bond donors (Lipinski definition) is 1. The SMILES string of the molecule is CCN=C/C=C(\C)N1CCC(CCN)CC1. The Kier molecular flexibility index (Phi) is 6.16. The molecule has 3 nitrogen and oxygen atoms in total. The molecule has 0 atom stereocenters. The molecule has 1 heterocycles. The van der Waals surface area contributed by atoms with Crippen molar-refractivity contribution >= 4 is 6.21 Å². The van der Waals surface area contributed by atoms with Crippen LogP contribution in [0.3, 0.4) is 0 Å². The number of nitrogens with zero attached hydrogens (tertiary/aromatic N) is 2. The highest BCUT2D eigenvalue weighted by atomic mass is 15.1. The van der Waals surface area contributed by atoms with E-state index in [0.717, 1.165) is 19.0 Å². The number of nitrogens with two attached hydrogens (primary N) is 1. The van der Waals surface area contributed by atoms with Crippen molar-refractivity contribution in [2.45, 2.75) is 33.1 Å². The van der Waals surface area contributed by atoms with E-state index in [1.54, 1.807) is 0 Å². The Morgan fingerprint density at radius 3 is 2.69 bits per heavy atom. The Hall–Kier alpha value is -0.830. The van der Waals surface area contributed by atoms with Gasteiger partial charge in [0.2, 0.25) is 0 Å². The van der Waals surface area contributed by atoms with E-state index in [1.165, 1.54) is 38.0 Å². The predicted octanol–water partition coefficient (Wildman–Crippen LogP) is 2.04. The third-order valence-electron chi connectivity index (χ3n) is 3.29. The number of piperidine rings is 1. The molecule has 1 aliphatic rings. The van der Waals surface area contributed by atoms with E-state index in [1.807, 2.05) is 6.21 Å². The molecule has 1 aliphatic heterocycles. The fraction of sp³-hybridized carbons (Fsp3) is 0.769. The summed E-state index contributed by atoms with van der Waals surface area (Å²) in [5.74, 6) is 0.846. The maximum absolute atomic E-state index is 5.59.